The summed E-state index contributed by atoms with van der Waals surface area (Å²) >= 11 is 1.49. The molecule has 1 fully saturated rings. The lowest BCUT2D eigenvalue weighted by Gasteiger charge is -2.26. The molecule has 1 amide bonds. The molecule has 2 aromatic rings. The largest absolute Gasteiger partial charge is 0.507 e. The van der Waals surface area contributed by atoms with E-state index in [2.05, 4.69) is 0 Å². The summed E-state index contributed by atoms with van der Waals surface area (Å²) in [4.78, 5) is 30.3. The SMILES string of the molecule is COc1ccc(/C(O)=C2\C(=O)C(=O)N(CCN(C)C)C2c2sccc2C)c(C)c1. The molecule has 0 saturated carbocycles. The number of aliphatic hydroxyl groups is 1. The smallest absolute Gasteiger partial charge is 0.295 e. The first-order valence-corrected chi connectivity index (χ1v) is 10.3. The molecule has 1 atom stereocenters. The summed E-state index contributed by atoms with van der Waals surface area (Å²) < 4.78 is 5.23. The van der Waals surface area contributed by atoms with Crippen LogP contribution < -0.4 is 4.74 Å². The molecule has 0 bridgehead atoms. The van der Waals surface area contributed by atoms with Gasteiger partial charge in [0.25, 0.3) is 11.7 Å². The molecule has 6 nitrogen and oxygen atoms in total. The number of likely N-dealkylation sites (tertiary alicyclic amines) is 1. The van der Waals surface area contributed by atoms with Gasteiger partial charge in [0, 0.05) is 23.5 Å². The fourth-order valence-corrected chi connectivity index (χ4v) is 4.58. The number of ether oxygens (including phenoxy) is 1. The van der Waals surface area contributed by atoms with E-state index in [-0.39, 0.29) is 11.3 Å². The van der Waals surface area contributed by atoms with Gasteiger partial charge in [0.15, 0.2) is 0 Å². The van der Waals surface area contributed by atoms with Crippen LogP contribution in [-0.2, 0) is 9.59 Å². The van der Waals surface area contributed by atoms with Gasteiger partial charge >= 0.3 is 0 Å². The molecule has 0 radical (unpaired) electrons. The molecule has 1 aliphatic heterocycles. The van der Waals surface area contributed by atoms with Crippen molar-refractivity contribution in [1.82, 2.24) is 9.80 Å². The summed E-state index contributed by atoms with van der Waals surface area (Å²) in [6.45, 7) is 4.81. The van der Waals surface area contributed by atoms with Crippen LogP contribution in [0.2, 0.25) is 0 Å². The second-order valence-corrected chi connectivity index (χ2v) is 8.39. The van der Waals surface area contributed by atoms with Crippen molar-refractivity contribution < 1.29 is 19.4 Å². The van der Waals surface area contributed by atoms with E-state index in [1.807, 2.05) is 44.3 Å². The standard InChI is InChI=1S/C22H26N2O4S/c1-13-8-11-29-21(13)18-17(20(26)22(27)24(18)10-9-23(3)4)19(25)16-7-6-15(28-5)12-14(16)2/h6-8,11-12,18,25H,9-10H2,1-5H3/b19-17+. The van der Waals surface area contributed by atoms with E-state index in [1.165, 1.54) is 11.3 Å². The van der Waals surface area contributed by atoms with Crippen molar-refractivity contribution in [2.75, 3.05) is 34.3 Å². The predicted octanol–water partition coefficient (Wildman–Crippen LogP) is 3.36. The molecule has 1 saturated heterocycles. The molecule has 7 heteroatoms. The van der Waals surface area contributed by atoms with Gasteiger partial charge in [0.2, 0.25) is 0 Å². The molecule has 1 aromatic carbocycles. The molecule has 3 rings (SSSR count). The van der Waals surface area contributed by atoms with Crippen LogP contribution in [0.15, 0.2) is 35.2 Å². The Morgan fingerprint density at radius 3 is 2.48 bits per heavy atom. The molecule has 1 aliphatic rings. The highest BCUT2D eigenvalue weighted by atomic mass is 32.1. The first-order chi connectivity index (χ1) is 13.8. The Morgan fingerprint density at radius 2 is 1.93 bits per heavy atom. The van der Waals surface area contributed by atoms with Crippen molar-refractivity contribution in [3.05, 3.63) is 56.8 Å². The van der Waals surface area contributed by atoms with Gasteiger partial charge in [0.1, 0.15) is 11.5 Å². The third-order valence-electron chi connectivity index (χ3n) is 5.17. The highest BCUT2D eigenvalue weighted by Gasteiger charge is 2.46. The Morgan fingerprint density at radius 1 is 1.21 bits per heavy atom. The lowest BCUT2D eigenvalue weighted by atomic mass is 9.96. The van der Waals surface area contributed by atoms with Crippen LogP contribution in [0.25, 0.3) is 5.76 Å². The quantitative estimate of drug-likeness (QED) is 0.446. The number of methoxy groups -OCH3 is 1. The van der Waals surface area contributed by atoms with E-state index in [0.29, 0.717) is 24.4 Å². The highest BCUT2D eigenvalue weighted by Crippen LogP contribution is 2.42. The van der Waals surface area contributed by atoms with Crippen LogP contribution in [0.4, 0.5) is 0 Å². The fourth-order valence-electron chi connectivity index (χ4n) is 3.53. The Balaban J connectivity index is 2.16. The number of rotatable bonds is 6. The summed E-state index contributed by atoms with van der Waals surface area (Å²) in [6, 6.07) is 6.62. The number of benzene rings is 1. The number of nitrogens with zero attached hydrogens (tertiary/aromatic N) is 2. The van der Waals surface area contributed by atoms with Crippen LogP contribution >= 0.6 is 11.3 Å². The minimum Gasteiger partial charge on any atom is -0.507 e. The van der Waals surface area contributed by atoms with Gasteiger partial charge in [-0.05, 0) is 68.7 Å². The average Bonchev–Trinajstić information content (AvgIpc) is 3.20. The third-order valence-corrected chi connectivity index (χ3v) is 6.24. The normalized spacial score (nSPS) is 18.7. The van der Waals surface area contributed by atoms with Crippen molar-refractivity contribution >= 4 is 28.8 Å². The zero-order chi connectivity index (χ0) is 21.3. The molecule has 29 heavy (non-hydrogen) atoms. The fraction of sp³-hybridized carbons (Fsp3) is 0.364. The second-order valence-electron chi connectivity index (χ2n) is 7.44. The van der Waals surface area contributed by atoms with Crippen LogP contribution in [0.1, 0.15) is 27.6 Å². The third kappa shape index (κ3) is 3.93. The number of carbonyl (C=O) groups excluding carboxylic acids is 2. The van der Waals surface area contributed by atoms with Gasteiger partial charge in [-0.3, -0.25) is 9.59 Å². The lowest BCUT2D eigenvalue weighted by molar-refractivity contribution is -0.140. The van der Waals surface area contributed by atoms with Gasteiger partial charge in [-0.15, -0.1) is 11.3 Å². The van der Waals surface area contributed by atoms with Gasteiger partial charge in [-0.25, -0.2) is 0 Å². The maximum atomic E-state index is 13.0. The van der Waals surface area contributed by atoms with Crippen molar-refractivity contribution in [2.24, 2.45) is 0 Å². The number of ketones is 1. The summed E-state index contributed by atoms with van der Waals surface area (Å²) in [5.41, 5.74) is 2.43. The van der Waals surface area contributed by atoms with E-state index >= 15 is 0 Å². The Bertz CT molecular complexity index is 977. The Labute approximate surface area is 175 Å². The highest BCUT2D eigenvalue weighted by molar-refractivity contribution is 7.10. The number of hydrogen-bond donors (Lipinski definition) is 1. The van der Waals surface area contributed by atoms with E-state index in [0.717, 1.165) is 16.0 Å². The molecule has 154 valence electrons. The zero-order valence-corrected chi connectivity index (χ0v) is 18.2. The van der Waals surface area contributed by atoms with Crippen LogP contribution in [-0.4, -0.2) is 60.9 Å². The molecule has 0 aliphatic carbocycles. The minimum atomic E-state index is -0.644. The van der Waals surface area contributed by atoms with Crippen molar-refractivity contribution in [3.63, 3.8) is 0 Å². The van der Waals surface area contributed by atoms with E-state index in [4.69, 9.17) is 4.74 Å². The number of likely N-dealkylation sites (N-methyl/N-ethyl adjacent to an activating group) is 1. The number of aryl methyl sites for hydroxylation is 2. The summed E-state index contributed by atoms with van der Waals surface area (Å²) in [5, 5.41) is 13.1. The molecular formula is C22H26N2O4S. The van der Waals surface area contributed by atoms with Gasteiger partial charge < -0.3 is 19.6 Å². The average molecular weight is 415 g/mol. The van der Waals surface area contributed by atoms with Crippen LogP contribution in [0.3, 0.4) is 0 Å². The number of hydrogen-bond acceptors (Lipinski definition) is 6. The van der Waals surface area contributed by atoms with Gasteiger partial charge in [-0.2, -0.15) is 0 Å². The summed E-state index contributed by atoms with van der Waals surface area (Å²) in [6.07, 6.45) is 0. The predicted molar refractivity (Wildman–Crippen MR) is 114 cm³/mol. The molecular weight excluding hydrogens is 388 g/mol. The Hall–Kier alpha value is -2.64. The molecule has 1 N–H and O–H groups in total. The summed E-state index contributed by atoms with van der Waals surface area (Å²) in [7, 11) is 5.41. The first kappa shape index (κ1) is 21.1. The maximum Gasteiger partial charge on any atom is 0.295 e. The lowest BCUT2D eigenvalue weighted by Crippen LogP contribution is -2.35. The van der Waals surface area contributed by atoms with Gasteiger partial charge in [-0.1, -0.05) is 0 Å². The number of thiophene rings is 1. The number of aliphatic hydroxyl groups excluding tert-OH is 1. The second kappa shape index (κ2) is 8.39. The number of Topliss-reactive ketones (excluding diaryl/α,β-unsaturated/α-hetero) is 1. The summed E-state index contributed by atoms with van der Waals surface area (Å²) in [5.74, 6) is -0.698. The van der Waals surface area contributed by atoms with Crippen molar-refractivity contribution in [1.29, 1.82) is 0 Å². The first-order valence-electron chi connectivity index (χ1n) is 9.38. The topological polar surface area (TPSA) is 70.1 Å². The maximum absolute atomic E-state index is 13.0. The van der Waals surface area contributed by atoms with Gasteiger partial charge in [0.05, 0.1) is 18.7 Å². The van der Waals surface area contributed by atoms with E-state index < -0.39 is 17.7 Å². The molecule has 1 unspecified atom stereocenters. The molecule has 2 heterocycles. The van der Waals surface area contributed by atoms with E-state index in [1.54, 1.807) is 30.2 Å². The molecule has 0 spiro atoms. The monoisotopic (exact) mass is 414 g/mol. The number of carbonyl (C=O) groups is 2. The van der Waals surface area contributed by atoms with E-state index in [9.17, 15) is 14.7 Å². The minimum absolute atomic E-state index is 0.145. The van der Waals surface area contributed by atoms with Crippen LogP contribution in [0.5, 0.6) is 5.75 Å². The van der Waals surface area contributed by atoms with Crippen LogP contribution in [0, 0.1) is 13.8 Å². The van der Waals surface area contributed by atoms with Crippen molar-refractivity contribution in [3.8, 4) is 5.75 Å². The molecule has 1 aromatic heterocycles. The number of amides is 1. The Kier molecular flexibility index (Phi) is 6.10. The zero-order valence-electron chi connectivity index (χ0n) is 17.4. The van der Waals surface area contributed by atoms with Crippen molar-refractivity contribution in [2.45, 2.75) is 19.9 Å².